The van der Waals surface area contributed by atoms with Crippen molar-refractivity contribution in [3.05, 3.63) is 29.8 Å². The first kappa shape index (κ1) is 14.0. The van der Waals surface area contributed by atoms with Crippen molar-refractivity contribution in [3.63, 3.8) is 0 Å². The van der Waals surface area contributed by atoms with E-state index in [-0.39, 0.29) is 12.1 Å². The molecule has 1 rings (SSSR count). The van der Waals surface area contributed by atoms with Crippen LogP contribution in [0.25, 0.3) is 0 Å². The van der Waals surface area contributed by atoms with Gasteiger partial charge in [0.1, 0.15) is 0 Å². The average Bonchev–Trinajstić information content (AvgIpc) is 2.35. The Morgan fingerprint density at radius 3 is 2.35 bits per heavy atom. The number of aliphatic hydroxyl groups is 1. The van der Waals surface area contributed by atoms with Crippen molar-refractivity contribution in [1.29, 1.82) is 0 Å². The molecular weight excluding hydrogens is 212 g/mol. The Morgan fingerprint density at radius 1 is 1.29 bits per heavy atom. The molecule has 0 spiro atoms. The van der Waals surface area contributed by atoms with E-state index in [1.807, 2.05) is 14.0 Å². The highest BCUT2D eigenvalue weighted by atomic mass is 16.3. The zero-order valence-electron chi connectivity index (χ0n) is 11.1. The van der Waals surface area contributed by atoms with Gasteiger partial charge in [-0.05, 0) is 37.5 Å². The van der Waals surface area contributed by atoms with Crippen LogP contribution < -0.4 is 10.6 Å². The fraction of sp³-hybridized carbons (Fsp3) is 0.571. The van der Waals surface area contributed by atoms with Crippen LogP contribution in [0.15, 0.2) is 24.3 Å². The topological polar surface area (TPSA) is 49.5 Å². The van der Waals surface area contributed by atoms with Crippen LogP contribution in [-0.4, -0.2) is 24.8 Å². The molecule has 2 atom stereocenters. The summed E-state index contributed by atoms with van der Waals surface area (Å²) < 4.78 is 0. The van der Waals surface area contributed by atoms with E-state index in [0.717, 1.165) is 25.1 Å². The molecule has 0 saturated heterocycles. The van der Waals surface area contributed by atoms with Crippen LogP contribution >= 0.6 is 0 Å². The molecule has 17 heavy (non-hydrogen) atoms. The second-order valence-corrected chi connectivity index (χ2v) is 4.67. The second kappa shape index (κ2) is 6.62. The van der Waals surface area contributed by atoms with Crippen LogP contribution in [0, 0.1) is 0 Å². The molecule has 0 saturated carbocycles. The highest BCUT2D eigenvalue weighted by Gasteiger charge is 2.05. The third kappa shape index (κ3) is 4.36. The van der Waals surface area contributed by atoms with Gasteiger partial charge in [-0.15, -0.1) is 0 Å². The van der Waals surface area contributed by atoms with Crippen LogP contribution in [0.3, 0.4) is 0 Å². The third-order valence-electron chi connectivity index (χ3n) is 3.08. The molecule has 0 aliphatic carbocycles. The lowest BCUT2D eigenvalue weighted by Crippen LogP contribution is -2.21. The van der Waals surface area contributed by atoms with E-state index in [2.05, 4.69) is 36.1 Å². The van der Waals surface area contributed by atoms with Gasteiger partial charge >= 0.3 is 0 Å². The summed E-state index contributed by atoms with van der Waals surface area (Å²) in [4.78, 5) is 2.15. The number of hydrogen-bond acceptors (Lipinski definition) is 3. The maximum absolute atomic E-state index is 9.25. The van der Waals surface area contributed by atoms with Gasteiger partial charge < -0.3 is 15.7 Å². The zero-order valence-corrected chi connectivity index (χ0v) is 11.1. The quantitative estimate of drug-likeness (QED) is 0.797. The third-order valence-corrected chi connectivity index (χ3v) is 3.08. The van der Waals surface area contributed by atoms with Gasteiger partial charge in [0.05, 0.1) is 6.10 Å². The number of aliphatic hydroxyl groups excluding tert-OH is 1. The van der Waals surface area contributed by atoms with Gasteiger partial charge in [0, 0.05) is 25.3 Å². The molecule has 96 valence electrons. The van der Waals surface area contributed by atoms with E-state index < -0.39 is 0 Å². The first-order valence-corrected chi connectivity index (χ1v) is 6.29. The number of nitrogens with two attached hydrogens (primary N) is 1. The SMILES string of the molecule is CCC(N)c1ccc(N(C)CCC(C)O)cc1. The summed E-state index contributed by atoms with van der Waals surface area (Å²) >= 11 is 0. The Labute approximate surface area is 104 Å². The molecule has 3 nitrogen and oxygen atoms in total. The van der Waals surface area contributed by atoms with Crippen molar-refractivity contribution in [2.24, 2.45) is 5.73 Å². The predicted octanol–water partition coefficient (Wildman–Crippen LogP) is 2.30. The number of benzene rings is 1. The van der Waals surface area contributed by atoms with Gasteiger partial charge in [-0.3, -0.25) is 0 Å². The molecule has 0 aliphatic rings. The van der Waals surface area contributed by atoms with Gasteiger partial charge in [0.15, 0.2) is 0 Å². The minimum Gasteiger partial charge on any atom is -0.393 e. The molecule has 0 fully saturated rings. The molecule has 3 N–H and O–H groups in total. The fourth-order valence-corrected chi connectivity index (χ4v) is 1.72. The summed E-state index contributed by atoms with van der Waals surface area (Å²) in [5, 5.41) is 9.25. The molecule has 0 amide bonds. The number of anilines is 1. The second-order valence-electron chi connectivity index (χ2n) is 4.67. The monoisotopic (exact) mass is 236 g/mol. The molecule has 0 radical (unpaired) electrons. The van der Waals surface area contributed by atoms with E-state index in [9.17, 15) is 5.11 Å². The molecule has 1 aromatic carbocycles. The highest BCUT2D eigenvalue weighted by Crippen LogP contribution is 2.19. The summed E-state index contributed by atoms with van der Waals surface area (Å²) in [6.45, 7) is 4.77. The van der Waals surface area contributed by atoms with Crippen molar-refractivity contribution in [3.8, 4) is 0 Å². The predicted molar refractivity (Wildman–Crippen MR) is 73.2 cm³/mol. The van der Waals surface area contributed by atoms with E-state index in [4.69, 9.17) is 5.73 Å². The maximum Gasteiger partial charge on any atom is 0.0528 e. The maximum atomic E-state index is 9.25. The van der Waals surface area contributed by atoms with Crippen LogP contribution in [0.4, 0.5) is 5.69 Å². The van der Waals surface area contributed by atoms with Crippen molar-refractivity contribution >= 4 is 5.69 Å². The molecule has 0 aliphatic heterocycles. The van der Waals surface area contributed by atoms with Crippen LogP contribution in [-0.2, 0) is 0 Å². The van der Waals surface area contributed by atoms with Gasteiger partial charge in [-0.1, -0.05) is 19.1 Å². The Kier molecular flexibility index (Phi) is 5.45. The van der Waals surface area contributed by atoms with Crippen molar-refractivity contribution < 1.29 is 5.11 Å². The average molecular weight is 236 g/mol. The standard InChI is InChI=1S/C14H24N2O/c1-4-14(15)12-5-7-13(8-6-12)16(3)10-9-11(2)17/h5-8,11,14,17H,4,9-10,15H2,1-3H3. The molecule has 2 unspecified atom stereocenters. The van der Waals surface area contributed by atoms with Crippen molar-refractivity contribution in [2.45, 2.75) is 38.8 Å². The summed E-state index contributed by atoms with van der Waals surface area (Å²) in [5.74, 6) is 0. The lowest BCUT2D eigenvalue weighted by Gasteiger charge is -2.21. The van der Waals surface area contributed by atoms with E-state index in [1.165, 1.54) is 5.56 Å². The fourth-order valence-electron chi connectivity index (χ4n) is 1.72. The summed E-state index contributed by atoms with van der Waals surface area (Å²) in [6.07, 6.45) is 1.49. The van der Waals surface area contributed by atoms with Crippen LogP contribution in [0.1, 0.15) is 38.3 Å². The molecule has 3 heteroatoms. The lowest BCUT2D eigenvalue weighted by atomic mass is 10.1. The summed E-state index contributed by atoms with van der Waals surface area (Å²) in [5.41, 5.74) is 8.32. The van der Waals surface area contributed by atoms with Crippen LogP contribution in [0.5, 0.6) is 0 Å². The Morgan fingerprint density at radius 2 is 1.88 bits per heavy atom. The molecular formula is C14H24N2O. The highest BCUT2D eigenvalue weighted by molar-refractivity contribution is 5.47. The number of rotatable bonds is 6. The van der Waals surface area contributed by atoms with Crippen LogP contribution in [0.2, 0.25) is 0 Å². The minimum atomic E-state index is -0.245. The molecule has 0 heterocycles. The first-order chi connectivity index (χ1) is 8.04. The van der Waals surface area contributed by atoms with Gasteiger partial charge in [-0.2, -0.15) is 0 Å². The van der Waals surface area contributed by atoms with E-state index >= 15 is 0 Å². The lowest BCUT2D eigenvalue weighted by molar-refractivity contribution is 0.187. The zero-order chi connectivity index (χ0) is 12.8. The smallest absolute Gasteiger partial charge is 0.0528 e. The van der Waals surface area contributed by atoms with Crippen molar-refractivity contribution in [1.82, 2.24) is 0 Å². The van der Waals surface area contributed by atoms with E-state index in [0.29, 0.717) is 0 Å². The summed E-state index contributed by atoms with van der Waals surface area (Å²) in [6, 6.07) is 8.48. The summed E-state index contributed by atoms with van der Waals surface area (Å²) in [7, 11) is 2.04. The number of nitrogens with zero attached hydrogens (tertiary/aromatic N) is 1. The minimum absolute atomic E-state index is 0.131. The normalized spacial score (nSPS) is 14.4. The van der Waals surface area contributed by atoms with Gasteiger partial charge in [0.25, 0.3) is 0 Å². The van der Waals surface area contributed by atoms with Crippen molar-refractivity contribution in [2.75, 3.05) is 18.5 Å². The Bertz CT molecular complexity index is 321. The molecule has 1 aromatic rings. The van der Waals surface area contributed by atoms with Gasteiger partial charge in [-0.25, -0.2) is 0 Å². The van der Waals surface area contributed by atoms with E-state index in [1.54, 1.807) is 0 Å². The van der Waals surface area contributed by atoms with Gasteiger partial charge in [0.2, 0.25) is 0 Å². The molecule has 0 aromatic heterocycles. The first-order valence-electron chi connectivity index (χ1n) is 6.29. The largest absolute Gasteiger partial charge is 0.393 e. The number of hydrogen-bond donors (Lipinski definition) is 2. The molecule has 0 bridgehead atoms. The Hall–Kier alpha value is -1.06. The Balaban J connectivity index is 2.60.